The van der Waals surface area contributed by atoms with E-state index in [2.05, 4.69) is 11.3 Å². The quantitative estimate of drug-likeness (QED) is 0.288. The Morgan fingerprint density at radius 1 is 1.07 bits per heavy atom. The minimum atomic E-state index is -3.85. The first kappa shape index (κ1) is 38.2. The van der Waals surface area contributed by atoms with E-state index in [-0.39, 0.29) is 50.0 Å². The van der Waals surface area contributed by atoms with Crippen molar-refractivity contribution in [3.05, 3.63) is 36.5 Å². The number of benzene rings is 1. The van der Waals surface area contributed by atoms with Gasteiger partial charge in [0.2, 0.25) is 27.7 Å². The lowest BCUT2D eigenvalue weighted by molar-refractivity contribution is -0.154. The highest BCUT2D eigenvalue weighted by Crippen LogP contribution is 2.57. The maximum Gasteiger partial charge on any atom is 0.306 e. The number of methoxy groups -OCH3 is 1. The van der Waals surface area contributed by atoms with Gasteiger partial charge in [-0.2, -0.15) is 0 Å². The number of sulfonamides is 1. The van der Waals surface area contributed by atoms with E-state index in [0.717, 1.165) is 32.1 Å². The second-order valence-electron chi connectivity index (χ2n) is 17.1. The van der Waals surface area contributed by atoms with Crippen LogP contribution in [-0.4, -0.2) is 84.0 Å². The molecule has 7 rings (SSSR count). The molecule has 3 saturated carbocycles. The Hall–Kier alpha value is -4.07. The zero-order valence-corrected chi connectivity index (χ0v) is 32.5. The number of allylic oxidation sites excluding steroid dienone is 1. The van der Waals surface area contributed by atoms with Gasteiger partial charge in [-0.25, -0.2) is 18.4 Å². The number of rotatable bonds is 8. The predicted molar refractivity (Wildman–Crippen MR) is 199 cm³/mol. The van der Waals surface area contributed by atoms with Crippen LogP contribution in [0.15, 0.2) is 30.9 Å². The highest BCUT2D eigenvalue weighted by molar-refractivity contribution is 7.90. The van der Waals surface area contributed by atoms with Crippen molar-refractivity contribution in [3.63, 3.8) is 0 Å². The summed E-state index contributed by atoms with van der Waals surface area (Å²) < 4.78 is 45.7. The van der Waals surface area contributed by atoms with E-state index >= 15 is 0 Å². The molecule has 0 radical (unpaired) electrons. The van der Waals surface area contributed by atoms with Crippen molar-refractivity contribution in [1.29, 1.82) is 0 Å². The van der Waals surface area contributed by atoms with E-state index in [1.807, 2.05) is 32.9 Å². The number of fused-ring (bicyclic) bond motifs is 5. The molecule has 3 heterocycles. The molecule has 2 aromatic rings. The van der Waals surface area contributed by atoms with Gasteiger partial charge in [0.1, 0.15) is 23.7 Å². The fourth-order valence-corrected chi connectivity index (χ4v) is 9.61. The van der Waals surface area contributed by atoms with Gasteiger partial charge in [0.15, 0.2) is 5.78 Å². The molecule has 13 nitrogen and oxygen atoms in total. The Morgan fingerprint density at radius 3 is 2.54 bits per heavy atom. The number of ether oxygens (including phenoxy) is 3. The number of hydrogen-bond acceptors (Lipinski definition) is 11. The number of nitrogens with zero attached hydrogens (tertiary/aromatic N) is 3. The third-order valence-corrected chi connectivity index (χ3v) is 13.8. The molecule has 2 amide bonds. The Bertz CT molecular complexity index is 1960. The van der Waals surface area contributed by atoms with Gasteiger partial charge in [-0.1, -0.05) is 39.7 Å². The molecule has 3 aliphatic carbocycles. The van der Waals surface area contributed by atoms with Crippen LogP contribution in [0.25, 0.3) is 11.0 Å². The molecule has 5 aliphatic rings. The Balaban J connectivity index is 1.22. The van der Waals surface area contributed by atoms with Gasteiger partial charge < -0.3 is 19.1 Å². The molecule has 1 saturated heterocycles. The van der Waals surface area contributed by atoms with Gasteiger partial charge in [0.25, 0.3) is 0 Å². The second kappa shape index (κ2) is 14.5. The molecule has 1 N–H and O–H groups in total. The van der Waals surface area contributed by atoms with E-state index in [1.54, 1.807) is 19.3 Å². The van der Waals surface area contributed by atoms with Crippen LogP contribution in [0, 0.1) is 28.6 Å². The number of nitrogens with one attached hydrogen (secondary N) is 1. The molecule has 1 aromatic heterocycles. The van der Waals surface area contributed by atoms with Crippen LogP contribution in [0.2, 0.25) is 0 Å². The van der Waals surface area contributed by atoms with E-state index in [4.69, 9.17) is 24.2 Å². The molecule has 2 bridgehead atoms. The second-order valence-corrected chi connectivity index (χ2v) is 19.0. The lowest BCUT2D eigenvalue weighted by Gasteiger charge is -2.34. The van der Waals surface area contributed by atoms with Gasteiger partial charge in [0.05, 0.1) is 53.7 Å². The van der Waals surface area contributed by atoms with Crippen molar-refractivity contribution in [2.24, 2.45) is 28.6 Å². The first-order chi connectivity index (χ1) is 25.6. The summed E-state index contributed by atoms with van der Waals surface area (Å²) in [4.78, 5) is 67.4. The van der Waals surface area contributed by atoms with Crippen molar-refractivity contribution in [1.82, 2.24) is 19.6 Å². The van der Waals surface area contributed by atoms with Gasteiger partial charge in [-0.05, 0) is 74.3 Å². The lowest BCUT2D eigenvalue weighted by Crippen LogP contribution is -2.48. The maximum absolute atomic E-state index is 14.7. The average molecular weight is 765 g/mol. The molecule has 54 heavy (non-hydrogen) atoms. The number of aromatic nitrogens is 2. The third kappa shape index (κ3) is 7.99. The van der Waals surface area contributed by atoms with Crippen LogP contribution >= 0.6 is 0 Å². The molecule has 4 fully saturated rings. The molecule has 0 unspecified atom stereocenters. The van der Waals surface area contributed by atoms with E-state index < -0.39 is 62.0 Å². The minimum Gasteiger partial charge on any atom is -0.497 e. The third-order valence-electron chi connectivity index (χ3n) is 12.0. The number of carbonyl (C=O) groups excluding carboxylic acids is 4. The minimum absolute atomic E-state index is 0.0407. The summed E-state index contributed by atoms with van der Waals surface area (Å²) in [5, 5.41) is -0.606. The van der Waals surface area contributed by atoms with E-state index in [9.17, 15) is 27.6 Å². The normalized spacial score (nSPS) is 30.5. The monoisotopic (exact) mass is 764 g/mol. The average Bonchev–Trinajstić information content (AvgIpc) is 4.04. The van der Waals surface area contributed by atoms with E-state index in [0.29, 0.717) is 53.5 Å². The van der Waals surface area contributed by atoms with Crippen molar-refractivity contribution in [2.75, 3.05) is 13.7 Å². The number of aryl methyl sites for hydroxylation is 1. The van der Waals surface area contributed by atoms with Crippen molar-refractivity contribution in [3.8, 4) is 11.6 Å². The lowest BCUT2D eigenvalue weighted by atomic mass is 9.77. The summed E-state index contributed by atoms with van der Waals surface area (Å²) >= 11 is 0. The number of carbonyl (C=O) groups is 4. The first-order valence-electron chi connectivity index (χ1n) is 19.3. The summed E-state index contributed by atoms with van der Waals surface area (Å²) in [6.45, 7) is 9.54. The summed E-state index contributed by atoms with van der Waals surface area (Å²) in [5.41, 5.74) is 0.0149. The number of ketones is 1. The SMILES string of the molecule is C=C[C@H]1C[C@]1(CC(=O)[C@@H]1C[C@@H]2CN1C(=O)[C@H](C(C)(C)C)CC(=O)O[C@H]1C[C@@H]1CCCCCc1nc3ccc(OC)cc3nc1O2)C(=O)NS(=O)(=O)C1CC1. The molecular formula is C40H52N4O9S. The molecule has 292 valence electrons. The fraction of sp³-hybridized carbons (Fsp3) is 0.650. The van der Waals surface area contributed by atoms with Crippen molar-refractivity contribution < 1.29 is 41.8 Å². The van der Waals surface area contributed by atoms with Crippen LogP contribution < -0.4 is 14.2 Å². The summed E-state index contributed by atoms with van der Waals surface area (Å²) in [7, 11) is -2.27. The molecular weight excluding hydrogens is 713 g/mol. The smallest absolute Gasteiger partial charge is 0.306 e. The number of Topliss-reactive ketones (excluding diaryl/α,β-unsaturated/α-hetero) is 1. The van der Waals surface area contributed by atoms with Crippen LogP contribution in [0.5, 0.6) is 11.6 Å². The largest absolute Gasteiger partial charge is 0.497 e. The maximum atomic E-state index is 14.7. The molecule has 14 heteroatoms. The van der Waals surface area contributed by atoms with Gasteiger partial charge >= 0.3 is 5.97 Å². The van der Waals surface area contributed by atoms with Crippen molar-refractivity contribution >= 4 is 44.6 Å². The first-order valence-corrected chi connectivity index (χ1v) is 20.9. The topological polar surface area (TPSA) is 171 Å². The van der Waals surface area contributed by atoms with Crippen molar-refractivity contribution in [2.45, 2.75) is 121 Å². The molecule has 2 aliphatic heterocycles. The number of esters is 1. The number of amides is 2. The highest BCUT2D eigenvalue weighted by atomic mass is 32.2. The standard InChI is InChI=1S/C40H52N4O9S/c1-6-24-20-40(24,38(48)43-54(49,50)27-13-14-27)21-33(45)32-18-26-22-44(32)37(47)28(39(2,3)4)19-35(46)53-34-16-23(34)10-8-7-9-11-30-36(52-26)42-31-17-25(51-5)12-15-29(31)41-30/h6,12,15,17,23-24,26-28,32,34H,1,7-11,13-14,16,18-22H2,2-5H3,(H,43,48)/t23-,24-,26+,28+,32-,34-,40+/m0/s1. The van der Waals surface area contributed by atoms with Crippen LogP contribution in [0.1, 0.15) is 97.1 Å². The zero-order chi connectivity index (χ0) is 38.6. The Morgan fingerprint density at radius 2 is 1.85 bits per heavy atom. The van der Waals surface area contributed by atoms with Gasteiger partial charge in [-0.15, -0.1) is 6.58 Å². The molecule has 0 spiro atoms. The summed E-state index contributed by atoms with van der Waals surface area (Å²) in [6.07, 6.45) is 6.87. The van der Waals surface area contributed by atoms with Crippen LogP contribution in [-0.2, 0) is 40.4 Å². The highest BCUT2D eigenvalue weighted by Gasteiger charge is 2.61. The molecule has 7 atom stereocenters. The predicted octanol–water partition coefficient (Wildman–Crippen LogP) is 4.85. The van der Waals surface area contributed by atoms with Crippen LogP contribution in [0.3, 0.4) is 0 Å². The zero-order valence-electron chi connectivity index (χ0n) is 31.7. The molecule has 1 aromatic carbocycles. The number of hydrogen-bond donors (Lipinski definition) is 1. The fourth-order valence-electron chi connectivity index (χ4n) is 8.23. The Kier molecular flexibility index (Phi) is 10.3. The van der Waals surface area contributed by atoms with E-state index in [1.165, 1.54) is 4.90 Å². The summed E-state index contributed by atoms with van der Waals surface area (Å²) in [6, 6.07) is 4.48. The van der Waals surface area contributed by atoms with Gasteiger partial charge in [-0.3, -0.25) is 23.9 Å². The van der Waals surface area contributed by atoms with Crippen LogP contribution in [0.4, 0.5) is 0 Å². The summed E-state index contributed by atoms with van der Waals surface area (Å²) in [5.74, 6) is -1.86. The van der Waals surface area contributed by atoms with Gasteiger partial charge in [0, 0.05) is 18.9 Å². The Labute approximate surface area is 317 Å².